The van der Waals surface area contributed by atoms with Crippen LogP contribution in [0.5, 0.6) is 0 Å². The van der Waals surface area contributed by atoms with E-state index in [-0.39, 0.29) is 18.5 Å². The lowest BCUT2D eigenvalue weighted by atomic mass is 9.93. The van der Waals surface area contributed by atoms with Gasteiger partial charge < -0.3 is 21.1 Å². The molecule has 1 aliphatic rings. The van der Waals surface area contributed by atoms with E-state index in [2.05, 4.69) is 5.32 Å². The normalized spacial score (nSPS) is 24.0. The molecule has 0 aromatic heterocycles. The quantitative estimate of drug-likeness (QED) is 0.684. The molecule has 1 heterocycles. The predicted molar refractivity (Wildman–Crippen MR) is 72.9 cm³/mol. The van der Waals surface area contributed by atoms with Gasteiger partial charge in [0.1, 0.15) is 6.04 Å². The number of carboxylic acid groups (broad SMARTS) is 1. The van der Waals surface area contributed by atoms with Crippen LogP contribution in [0.4, 0.5) is 4.79 Å². The lowest BCUT2D eigenvalue weighted by molar-refractivity contribution is -0.139. The number of nitrogens with one attached hydrogen (secondary N) is 1. The molecule has 3 atom stereocenters. The Labute approximate surface area is 118 Å². The Balaban J connectivity index is 2.68. The summed E-state index contributed by atoms with van der Waals surface area (Å²) in [5.41, 5.74) is 5.28. The van der Waals surface area contributed by atoms with E-state index in [4.69, 9.17) is 10.8 Å². The van der Waals surface area contributed by atoms with Crippen molar-refractivity contribution in [3.63, 3.8) is 0 Å². The molecule has 4 N–H and O–H groups in total. The van der Waals surface area contributed by atoms with Crippen LogP contribution in [0.25, 0.3) is 0 Å². The first-order valence-corrected chi connectivity index (χ1v) is 6.96. The highest BCUT2D eigenvalue weighted by Crippen LogP contribution is 2.21. The minimum Gasteiger partial charge on any atom is -0.480 e. The van der Waals surface area contributed by atoms with E-state index in [1.165, 1.54) is 4.90 Å². The number of carbonyl (C=O) groups excluding carboxylic acids is 2. The van der Waals surface area contributed by atoms with Crippen LogP contribution >= 0.6 is 0 Å². The van der Waals surface area contributed by atoms with Crippen LogP contribution in [0, 0.1) is 5.92 Å². The predicted octanol–water partition coefficient (Wildman–Crippen LogP) is 0.535. The Morgan fingerprint density at radius 1 is 1.40 bits per heavy atom. The molecule has 1 saturated heterocycles. The first kappa shape index (κ1) is 16.3. The van der Waals surface area contributed by atoms with E-state index < -0.39 is 23.9 Å². The number of amides is 3. The second-order valence-electron chi connectivity index (χ2n) is 5.31. The lowest BCUT2D eigenvalue weighted by Gasteiger charge is -2.37. The highest BCUT2D eigenvalue weighted by atomic mass is 16.4. The van der Waals surface area contributed by atoms with Crippen molar-refractivity contribution < 1.29 is 19.5 Å². The minimum absolute atomic E-state index is 0.0262. The van der Waals surface area contributed by atoms with Gasteiger partial charge in [-0.15, -0.1) is 0 Å². The summed E-state index contributed by atoms with van der Waals surface area (Å²) < 4.78 is 0. The number of likely N-dealkylation sites (tertiary alicyclic amines) is 1. The Hall–Kier alpha value is -1.79. The molecule has 1 aliphatic heterocycles. The number of urea groups is 1. The van der Waals surface area contributed by atoms with Crippen LogP contribution in [0.2, 0.25) is 0 Å². The zero-order valence-corrected chi connectivity index (χ0v) is 12.0. The average Bonchev–Trinajstić information content (AvgIpc) is 2.38. The third kappa shape index (κ3) is 4.11. The minimum atomic E-state index is -1.05. The van der Waals surface area contributed by atoms with Crippen molar-refractivity contribution in [2.24, 2.45) is 11.7 Å². The van der Waals surface area contributed by atoms with E-state index in [9.17, 15) is 14.4 Å². The highest BCUT2D eigenvalue weighted by Gasteiger charge is 2.33. The van der Waals surface area contributed by atoms with E-state index in [1.54, 1.807) is 0 Å². The molecule has 1 fully saturated rings. The smallest absolute Gasteiger partial charge is 0.326 e. The van der Waals surface area contributed by atoms with Crippen LogP contribution < -0.4 is 11.1 Å². The zero-order valence-electron chi connectivity index (χ0n) is 12.0. The molecular weight excluding hydrogens is 262 g/mol. The summed E-state index contributed by atoms with van der Waals surface area (Å²) in [6.07, 6.45) is 2.39. The molecule has 0 spiro atoms. The molecule has 0 saturated carbocycles. The monoisotopic (exact) mass is 285 g/mol. The summed E-state index contributed by atoms with van der Waals surface area (Å²) in [5, 5.41) is 11.6. The molecule has 3 amide bonds. The maximum atomic E-state index is 12.2. The van der Waals surface area contributed by atoms with E-state index in [1.807, 2.05) is 13.8 Å². The fraction of sp³-hybridized carbons (Fsp3) is 0.769. The molecule has 1 rings (SSSR count). The average molecular weight is 285 g/mol. The number of rotatable bonds is 5. The number of hydrogen-bond donors (Lipinski definition) is 3. The molecule has 0 aromatic rings. The number of hydrogen-bond acceptors (Lipinski definition) is 3. The SMILES string of the molecule is CCC[C@H](NC(=O)N1CC(C(N)=O)CCC1C)C(=O)O. The molecule has 20 heavy (non-hydrogen) atoms. The van der Waals surface area contributed by atoms with Crippen molar-refractivity contribution in [2.75, 3.05) is 6.54 Å². The maximum Gasteiger partial charge on any atom is 0.326 e. The van der Waals surface area contributed by atoms with Gasteiger partial charge in [-0.1, -0.05) is 13.3 Å². The van der Waals surface area contributed by atoms with Crippen LogP contribution in [0.15, 0.2) is 0 Å². The van der Waals surface area contributed by atoms with Gasteiger partial charge in [0.2, 0.25) is 5.91 Å². The van der Waals surface area contributed by atoms with E-state index in [0.717, 1.165) is 0 Å². The van der Waals surface area contributed by atoms with Gasteiger partial charge in [0.05, 0.1) is 5.92 Å². The zero-order chi connectivity index (χ0) is 15.3. The summed E-state index contributed by atoms with van der Waals surface area (Å²) in [4.78, 5) is 36.0. The third-order valence-electron chi connectivity index (χ3n) is 3.72. The van der Waals surface area contributed by atoms with E-state index in [0.29, 0.717) is 25.7 Å². The summed E-state index contributed by atoms with van der Waals surface area (Å²) in [6, 6.07) is -1.36. The number of carboxylic acids is 1. The van der Waals surface area contributed by atoms with Crippen molar-refractivity contribution in [2.45, 2.75) is 51.6 Å². The first-order chi connectivity index (χ1) is 9.36. The largest absolute Gasteiger partial charge is 0.480 e. The second kappa shape index (κ2) is 7.12. The van der Waals surface area contributed by atoms with Gasteiger partial charge in [0, 0.05) is 12.6 Å². The lowest BCUT2D eigenvalue weighted by Crippen LogP contribution is -2.55. The number of nitrogens with zero attached hydrogens (tertiary/aromatic N) is 1. The Bertz CT molecular complexity index is 386. The Kier molecular flexibility index (Phi) is 5.79. The molecule has 2 unspecified atom stereocenters. The molecule has 0 aliphatic carbocycles. The van der Waals surface area contributed by atoms with E-state index >= 15 is 0 Å². The Morgan fingerprint density at radius 3 is 2.55 bits per heavy atom. The topological polar surface area (TPSA) is 113 Å². The third-order valence-corrected chi connectivity index (χ3v) is 3.72. The van der Waals surface area contributed by atoms with Crippen molar-refractivity contribution in [1.82, 2.24) is 10.2 Å². The summed E-state index contributed by atoms with van der Waals surface area (Å²) in [6.45, 7) is 3.99. The fourth-order valence-electron chi connectivity index (χ4n) is 2.40. The molecular formula is C13H23N3O4. The first-order valence-electron chi connectivity index (χ1n) is 6.96. The number of carbonyl (C=O) groups is 3. The van der Waals surface area contributed by atoms with Crippen LogP contribution in [-0.2, 0) is 9.59 Å². The fourth-order valence-corrected chi connectivity index (χ4v) is 2.40. The molecule has 0 aromatic carbocycles. The van der Waals surface area contributed by atoms with Crippen molar-refractivity contribution in [3.8, 4) is 0 Å². The number of aliphatic carboxylic acids is 1. The van der Waals surface area contributed by atoms with Crippen LogP contribution in [0.3, 0.4) is 0 Å². The highest BCUT2D eigenvalue weighted by molar-refractivity contribution is 5.83. The molecule has 7 nitrogen and oxygen atoms in total. The molecule has 0 bridgehead atoms. The maximum absolute atomic E-state index is 12.2. The Morgan fingerprint density at radius 2 is 2.05 bits per heavy atom. The van der Waals surface area contributed by atoms with Crippen LogP contribution in [0.1, 0.15) is 39.5 Å². The summed E-state index contributed by atoms with van der Waals surface area (Å²) in [5.74, 6) is -1.82. The summed E-state index contributed by atoms with van der Waals surface area (Å²) in [7, 11) is 0. The number of nitrogens with two attached hydrogens (primary N) is 1. The van der Waals surface area contributed by atoms with Crippen molar-refractivity contribution in [1.29, 1.82) is 0 Å². The molecule has 7 heteroatoms. The van der Waals surface area contributed by atoms with Crippen molar-refractivity contribution >= 4 is 17.9 Å². The van der Waals surface area contributed by atoms with Gasteiger partial charge in [-0.3, -0.25) is 4.79 Å². The van der Waals surface area contributed by atoms with Crippen LogP contribution in [-0.4, -0.2) is 46.5 Å². The number of piperidine rings is 1. The molecule has 114 valence electrons. The standard InChI is InChI=1S/C13H23N3O4/c1-3-4-10(12(18)19)15-13(20)16-7-9(11(14)17)6-5-8(16)2/h8-10H,3-7H2,1-2H3,(H2,14,17)(H,15,20)(H,18,19)/t8?,9?,10-/m0/s1. The second-order valence-corrected chi connectivity index (χ2v) is 5.31. The number of primary amides is 1. The molecule has 0 radical (unpaired) electrons. The van der Waals surface area contributed by atoms with Gasteiger partial charge in [0.25, 0.3) is 0 Å². The van der Waals surface area contributed by atoms with Gasteiger partial charge >= 0.3 is 12.0 Å². The van der Waals surface area contributed by atoms with Gasteiger partial charge in [-0.05, 0) is 26.2 Å². The summed E-state index contributed by atoms with van der Waals surface area (Å²) >= 11 is 0. The van der Waals surface area contributed by atoms with Gasteiger partial charge in [0.15, 0.2) is 0 Å². The van der Waals surface area contributed by atoms with Crippen molar-refractivity contribution in [3.05, 3.63) is 0 Å². The van der Waals surface area contributed by atoms with Gasteiger partial charge in [-0.25, -0.2) is 9.59 Å². The van der Waals surface area contributed by atoms with Gasteiger partial charge in [-0.2, -0.15) is 0 Å².